The average molecular weight is 518 g/mol. The summed E-state index contributed by atoms with van der Waals surface area (Å²) in [7, 11) is 1.27. The first-order valence-electron chi connectivity index (χ1n) is 10.7. The van der Waals surface area contributed by atoms with Crippen molar-refractivity contribution >= 4 is 58.7 Å². The Morgan fingerprint density at radius 2 is 1.61 bits per heavy atom. The van der Waals surface area contributed by atoms with Crippen molar-refractivity contribution in [1.29, 1.82) is 0 Å². The van der Waals surface area contributed by atoms with Gasteiger partial charge in [0.1, 0.15) is 6.61 Å². The molecule has 3 aliphatic rings. The Balaban J connectivity index is 1.55. The summed E-state index contributed by atoms with van der Waals surface area (Å²) in [6.07, 6.45) is 1.85. The zero-order valence-corrected chi connectivity index (χ0v) is 20.1. The third-order valence-corrected chi connectivity index (χ3v) is 6.97. The lowest BCUT2D eigenvalue weighted by molar-refractivity contribution is -0.142. The second-order valence-corrected chi connectivity index (χ2v) is 11.1. The largest absolute Gasteiger partial charge is 0.469 e. The summed E-state index contributed by atoms with van der Waals surface area (Å²) < 4.78 is 8.34. The summed E-state index contributed by atoms with van der Waals surface area (Å²) in [6, 6.07) is 5.62. The minimum Gasteiger partial charge on any atom is -0.469 e. The van der Waals surface area contributed by atoms with Gasteiger partial charge in [0.25, 0.3) is 11.8 Å². The van der Waals surface area contributed by atoms with Crippen LogP contribution in [0, 0.1) is 5.92 Å². The van der Waals surface area contributed by atoms with Crippen molar-refractivity contribution in [3.8, 4) is 0 Å². The highest BCUT2D eigenvalue weighted by Crippen LogP contribution is 2.43. The number of hydrogen-bond donors (Lipinski definition) is 0. The predicted molar refractivity (Wildman–Crippen MR) is 120 cm³/mol. The van der Waals surface area contributed by atoms with Crippen LogP contribution in [0.3, 0.4) is 0 Å². The van der Waals surface area contributed by atoms with Crippen LogP contribution in [-0.4, -0.2) is 69.3 Å². The Hall–Kier alpha value is -2.03. The molecule has 3 heterocycles. The van der Waals surface area contributed by atoms with Crippen LogP contribution in [0.4, 0.5) is 4.79 Å². The van der Waals surface area contributed by atoms with E-state index in [1.54, 1.807) is 29.2 Å². The van der Waals surface area contributed by atoms with Crippen LogP contribution in [0.2, 0.25) is 0 Å². The average Bonchev–Trinajstić information content (AvgIpc) is 3.19. The van der Waals surface area contributed by atoms with E-state index in [2.05, 4.69) is 0 Å². The molecule has 2 fully saturated rings. The van der Waals surface area contributed by atoms with Crippen molar-refractivity contribution in [2.45, 2.75) is 54.0 Å². The van der Waals surface area contributed by atoms with Gasteiger partial charge < -0.3 is 14.4 Å². The molecule has 178 valence electrons. The number of benzene rings is 1. The molecular formula is C22H23Cl3N2O6. The number of imide groups is 1. The van der Waals surface area contributed by atoms with E-state index in [1.165, 1.54) is 12.0 Å². The van der Waals surface area contributed by atoms with Crippen LogP contribution in [0.5, 0.6) is 0 Å². The third kappa shape index (κ3) is 4.79. The number of carbonyl (C=O) groups is 4. The minimum absolute atomic E-state index is 0.107. The molecule has 1 aromatic rings. The van der Waals surface area contributed by atoms with Crippen LogP contribution in [-0.2, 0) is 14.3 Å². The highest BCUT2D eigenvalue weighted by Gasteiger charge is 2.50. The second kappa shape index (κ2) is 9.31. The first kappa shape index (κ1) is 24.1. The molecule has 4 rings (SSSR count). The van der Waals surface area contributed by atoms with Crippen LogP contribution < -0.4 is 0 Å². The van der Waals surface area contributed by atoms with E-state index in [1.807, 2.05) is 0 Å². The van der Waals surface area contributed by atoms with Crippen molar-refractivity contribution in [3.05, 3.63) is 35.4 Å². The number of carbonyl (C=O) groups excluding carboxylic acids is 4. The van der Waals surface area contributed by atoms with Gasteiger partial charge in [0.2, 0.25) is 3.79 Å². The highest BCUT2D eigenvalue weighted by atomic mass is 35.6. The van der Waals surface area contributed by atoms with Crippen LogP contribution in [0.1, 0.15) is 52.8 Å². The topological polar surface area (TPSA) is 93.2 Å². The number of hydrogen-bond acceptors (Lipinski definition) is 6. The predicted octanol–water partition coefficient (Wildman–Crippen LogP) is 3.96. The molecule has 3 amide bonds. The van der Waals surface area contributed by atoms with E-state index in [0.29, 0.717) is 24.0 Å². The first-order valence-corrected chi connectivity index (χ1v) is 11.8. The van der Waals surface area contributed by atoms with Crippen molar-refractivity contribution in [3.63, 3.8) is 0 Å². The molecule has 8 nitrogen and oxygen atoms in total. The lowest BCUT2D eigenvalue weighted by Gasteiger charge is -2.42. The number of alkyl halides is 3. The molecule has 0 aromatic heterocycles. The monoisotopic (exact) mass is 516 g/mol. The van der Waals surface area contributed by atoms with Gasteiger partial charge in [-0.2, -0.15) is 0 Å². The number of methoxy groups -OCH3 is 1. The van der Waals surface area contributed by atoms with E-state index in [0.717, 1.165) is 12.8 Å². The molecule has 3 aliphatic heterocycles. The maximum Gasteiger partial charge on any atom is 0.410 e. The molecule has 0 spiro atoms. The quantitative estimate of drug-likeness (QED) is 0.333. The van der Waals surface area contributed by atoms with Crippen molar-refractivity contribution < 1.29 is 28.7 Å². The number of esters is 1. The van der Waals surface area contributed by atoms with Crippen LogP contribution >= 0.6 is 34.8 Å². The second-order valence-electron chi connectivity index (χ2n) is 8.57. The smallest absolute Gasteiger partial charge is 0.410 e. The molecule has 2 bridgehead atoms. The molecule has 1 aromatic carbocycles. The van der Waals surface area contributed by atoms with Crippen LogP contribution in [0.15, 0.2) is 24.3 Å². The zero-order chi connectivity index (χ0) is 23.9. The van der Waals surface area contributed by atoms with Gasteiger partial charge in [-0.1, -0.05) is 46.9 Å². The van der Waals surface area contributed by atoms with E-state index in [4.69, 9.17) is 44.3 Å². The maximum absolute atomic E-state index is 13.1. The van der Waals surface area contributed by atoms with Gasteiger partial charge in [-0.25, -0.2) is 4.79 Å². The molecule has 2 saturated heterocycles. The molecule has 11 heteroatoms. The molecule has 0 aliphatic carbocycles. The number of piperidine rings is 1. The van der Waals surface area contributed by atoms with E-state index in [9.17, 15) is 19.2 Å². The molecular weight excluding hydrogens is 495 g/mol. The van der Waals surface area contributed by atoms with Crippen LogP contribution in [0.25, 0.3) is 0 Å². The van der Waals surface area contributed by atoms with E-state index < -0.39 is 33.7 Å². The summed E-state index contributed by atoms with van der Waals surface area (Å²) in [4.78, 5) is 54.0. The normalized spacial score (nSPS) is 25.2. The standard InChI is InChI=1S/C22H23Cl3N2O6/c1-32-18(28)10-17(27-19(29)15-4-2-3-5-16(15)20(27)30)12-8-13-6-7-14(9-12)26(13)21(31)33-11-22(23,24)25/h2-5,12-14,17H,6-11H2,1H3/t12?,13?,14?,17-/m1/s1. The highest BCUT2D eigenvalue weighted by molar-refractivity contribution is 6.67. The summed E-state index contributed by atoms with van der Waals surface area (Å²) in [5, 5.41) is 0. The molecule has 0 N–H and O–H groups in total. The lowest BCUT2D eigenvalue weighted by atomic mass is 9.82. The number of fused-ring (bicyclic) bond motifs is 3. The van der Waals surface area contributed by atoms with Crippen molar-refractivity contribution in [2.75, 3.05) is 13.7 Å². The van der Waals surface area contributed by atoms with Gasteiger partial charge in [-0.15, -0.1) is 0 Å². The molecule has 33 heavy (non-hydrogen) atoms. The zero-order valence-electron chi connectivity index (χ0n) is 17.8. The molecule has 0 saturated carbocycles. The first-order chi connectivity index (χ1) is 15.6. The van der Waals surface area contributed by atoms with E-state index >= 15 is 0 Å². The summed E-state index contributed by atoms with van der Waals surface area (Å²) >= 11 is 17.1. The fourth-order valence-corrected chi connectivity index (χ4v) is 5.45. The Morgan fingerprint density at radius 3 is 2.09 bits per heavy atom. The Morgan fingerprint density at radius 1 is 1.06 bits per heavy atom. The third-order valence-electron chi connectivity index (χ3n) is 6.64. The van der Waals surface area contributed by atoms with Gasteiger partial charge in [-0.05, 0) is 43.7 Å². The van der Waals surface area contributed by atoms with Gasteiger partial charge in [0.15, 0.2) is 0 Å². The molecule has 3 atom stereocenters. The number of amides is 3. The van der Waals surface area contributed by atoms with Crippen molar-refractivity contribution in [2.24, 2.45) is 5.92 Å². The van der Waals surface area contributed by atoms with Gasteiger partial charge in [0.05, 0.1) is 30.7 Å². The van der Waals surface area contributed by atoms with E-state index in [-0.39, 0.29) is 31.0 Å². The number of halogens is 3. The minimum atomic E-state index is -1.70. The summed E-state index contributed by atoms with van der Waals surface area (Å²) in [6.45, 7) is -0.365. The number of rotatable bonds is 5. The van der Waals surface area contributed by atoms with Gasteiger partial charge in [0, 0.05) is 12.1 Å². The van der Waals surface area contributed by atoms with Crippen molar-refractivity contribution in [1.82, 2.24) is 9.80 Å². The fourth-order valence-electron chi connectivity index (χ4n) is 5.28. The number of nitrogens with zero attached hydrogens (tertiary/aromatic N) is 2. The lowest BCUT2D eigenvalue weighted by Crippen LogP contribution is -2.53. The molecule has 0 radical (unpaired) electrons. The molecule has 2 unspecified atom stereocenters. The van der Waals surface area contributed by atoms with Gasteiger partial charge >= 0.3 is 12.1 Å². The Labute approximate surface area is 206 Å². The SMILES string of the molecule is COC(=O)C[C@H](C1CC2CCC(C1)N2C(=O)OCC(Cl)(Cl)Cl)N1C(=O)c2ccccc2C1=O. The van der Waals surface area contributed by atoms with Gasteiger partial charge in [-0.3, -0.25) is 19.3 Å². The fraction of sp³-hybridized carbons (Fsp3) is 0.545. The Bertz CT molecular complexity index is 932. The maximum atomic E-state index is 13.1. The summed E-state index contributed by atoms with van der Waals surface area (Å²) in [5.74, 6) is -1.52. The summed E-state index contributed by atoms with van der Waals surface area (Å²) in [5.41, 5.74) is 0.654. The number of ether oxygens (including phenoxy) is 2. The Kier molecular flexibility index (Phi) is 6.80.